The lowest BCUT2D eigenvalue weighted by Crippen LogP contribution is -2.16. The normalized spacial score (nSPS) is 12.1. The number of amidine groups is 1. The van der Waals surface area contributed by atoms with Gasteiger partial charge in [-0.05, 0) is 44.4 Å². The van der Waals surface area contributed by atoms with Crippen LogP contribution in [0.25, 0.3) is 5.57 Å². The molecule has 1 aromatic carbocycles. The Morgan fingerprint density at radius 1 is 1.23 bits per heavy atom. The van der Waals surface area contributed by atoms with Crippen molar-refractivity contribution in [2.75, 3.05) is 14.1 Å². The van der Waals surface area contributed by atoms with E-state index in [4.69, 9.17) is 4.99 Å². The Morgan fingerprint density at radius 3 is 2.36 bits per heavy atom. The molecule has 0 radical (unpaired) electrons. The van der Waals surface area contributed by atoms with E-state index < -0.39 is 0 Å². The molecule has 0 bridgehead atoms. The van der Waals surface area contributed by atoms with Crippen LogP contribution in [0, 0.1) is 13.8 Å². The van der Waals surface area contributed by atoms with E-state index in [1.807, 2.05) is 38.9 Å². The second kappa shape index (κ2) is 7.64. The Hall–Kier alpha value is -2.29. The molecule has 0 aliphatic heterocycles. The van der Waals surface area contributed by atoms with Crippen LogP contribution in [0.3, 0.4) is 0 Å². The fourth-order valence-corrected chi connectivity index (χ4v) is 2.19. The van der Waals surface area contributed by atoms with Gasteiger partial charge < -0.3 is 10.2 Å². The molecule has 0 heterocycles. The topological polar surface area (TPSA) is 27.6 Å². The molecule has 0 saturated carbocycles. The minimum atomic E-state index is 0.829. The van der Waals surface area contributed by atoms with Crippen LogP contribution < -0.4 is 5.32 Å². The summed E-state index contributed by atoms with van der Waals surface area (Å²) in [5.41, 5.74) is 6.37. The molecular weight excluding hydrogens is 270 g/mol. The molecule has 0 amide bonds. The Bertz CT molecular complexity index is 634. The summed E-state index contributed by atoms with van der Waals surface area (Å²) in [5, 5.41) is 3.16. The zero-order valence-electron chi connectivity index (χ0n) is 14.6. The summed E-state index contributed by atoms with van der Waals surface area (Å²) in [7, 11) is 4.00. The summed E-state index contributed by atoms with van der Waals surface area (Å²) in [6, 6.07) is 4.23. The molecule has 3 nitrogen and oxygen atoms in total. The molecule has 0 aliphatic rings. The molecule has 3 heteroatoms. The lowest BCUT2D eigenvalue weighted by Gasteiger charge is -2.15. The van der Waals surface area contributed by atoms with Crippen molar-refractivity contribution in [1.82, 2.24) is 10.2 Å². The van der Waals surface area contributed by atoms with Crippen molar-refractivity contribution in [3.63, 3.8) is 0 Å². The molecule has 0 spiro atoms. The highest BCUT2D eigenvalue weighted by Gasteiger charge is 2.11. The molecule has 0 unspecified atom stereocenters. The Labute approximate surface area is 134 Å². The zero-order valence-corrected chi connectivity index (χ0v) is 14.6. The largest absolute Gasteiger partial charge is 0.383 e. The number of benzene rings is 1. The fraction of sp³-hybridized carbons (Fsp3) is 0.316. The summed E-state index contributed by atoms with van der Waals surface area (Å²) in [6.45, 7) is 15.9. The van der Waals surface area contributed by atoms with Gasteiger partial charge >= 0.3 is 0 Å². The van der Waals surface area contributed by atoms with Crippen LogP contribution in [0.1, 0.15) is 30.5 Å². The average molecular weight is 297 g/mol. The minimum Gasteiger partial charge on any atom is -0.383 e. The van der Waals surface area contributed by atoms with Crippen LogP contribution in [0.2, 0.25) is 0 Å². The first kappa shape index (κ1) is 17.8. The molecule has 0 saturated heterocycles. The van der Waals surface area contributed by atoms with Crippen molar-refractivity contribution in [2.45, 2.75) is 27.7 Å². The highest BCUT2D eigenvalue weighted by molar-refractivity contribution is 5.89. The quantitative estimate of drug-likeness (QED) is 0.490. The van der Waals surface area contributed by atoms with Crippen LogP contribution in [0.15, 0.2) is 48.3 Å². The van der Waals surface area contributed by atoms with Gasteiger partial charge in [-0.2, -0.15) is 0 Å². The van der Waals surface area contributed by atoms with E-state index in [1.165, 1.54) is 11.1 Å². The number of nitrogens with one attached hydrogen (secondary N) is 1. The third-order valence-electron chi connectivity index (χ3n) is 3.30. The molecule has 0 aromatic heterocycles. The molecular formula is C19H27N3. The maximum atomic E-state index is 4.77. The number of aryl methyl sites for hydroxylation is 1. The van der Waals surface area contributed by atoms with Gasteiger partial charge in [-0.25, -0.2) is 4.99 Å². The van der Waals surface area contributed by atoms with E-state index in [0.29, 0.717) is 0 Å². The zero-order chi connectivity index (χ0) is 16.9. The van der Waals surface area contributed by atoms with Crippen molar-refractivity contribution in [2.24, 2.45) is 4.99 Å². The summed E-state index contributed by atoms with van der Waals surface area (Å²) in [6.07, 6.45) is 3.92. The van der Waals surface area contributed by atoms with Gasteiger partial charge in [0, 0.05) is 31.6 Å². The van der Waals surface area contributed by atoms with Crippen LogP contribution in [-0.2, 0) is 0 Å². The van der Waals surface area contributed by atoms with Crippen molar-refractivity contribution in [3.8, 4) is 0 Å². The van der Waals surface area contributed by atoms with E-state index in [-0.39, 0.29) is 0 Å². The SMILES string of the molecule is C=C/C(=C\N(C)C)c1ccc(C)c(C)c1/N=C(\C)NC(=C)C. The molecule has 1 N–H and O–H groups in total. The maximum Gasteiger partial charge on any atom is 0.103 e. The Kier molecular flexibility index (Phi) is 6.17. The van der Waals surface area contributed by atoms with E-state index in [0.717, 1.165) is 28.4 Å². The van der Waals surface area contributed by atoms with Gasteiger partial charge in [0.05, 0.1) is 5.69 Å². The molecule has 118 valence electrons. The summed E-state index contributed by atoms with van der Waals surface area (Å²) in [4.78, 5) is 6.79. The van der Waals surface area contributed by atoms with Crippen LogP contribution in [-0.4, -0.2) is 24.8 Å². The lowest BCUT2D eigenvalue weighted by atomic mass is 9.98. The van der Waals surface area contributed by atoms with E-state index in [2.05, 4.69) is 50.7 Å². The lowest BCUT2D eigenvalue weighted by molar-refractivity contribution is 0.566. The van der Waals surface area contributed by atoms with Gasteiger partial charge in [-0.1, -0.05) is 31.4 Å². The molecule has 0 fully saturated rings. The van der Waals surface area contributed by atoms with Crippen molar-refractivity contribution in [1.29, 1.82) is 0 Å². The second-order valence-electron chi connectivity index (χ2n) is 5.76. The van der Waals surface area contributed by atoms with Gasteiger partial charge in [0.25, 0.3) is 0 Å². The first-order valence-electron chi connectivity index (χ1n) is 7.35. The number of hydrogen-bond donors (Lipinski definition) is 1. The van der Waals surface area contributed by atoms with Gasteiger partial charge in [0.2, 0.25) is 0 Å². The van der Waals surface area contributed by atoms with Crippen molar-refractivity contribution < 1.29 is 0 Å². The molecule has 0 atom stereocenters. The van der Waals surface area contributed by atoms with Crippen LogP contribution >= 0.6 is 0 Å². The average Bonchev–Trinajstić information content (AvgIpc) is 2.41. The molecule has 1 rings (SSSR count). The number of nitrogens with zero attached hydrogens (tertiary/aromatic N) is 2. The predicted molar refractivity (Wildman–Crippen MR) is 98.5 cm³/mol. The molecule has 22 heavy (non-hydrogen) atoms. The second-order valence-corrected chi connectivity index (χ2v) is 5.76. The first-order chi connectivity index (χ1) is 10.3. The van der Waals surface area contributed by atoms with Crippen molar-refractivity contribution >= 4 is 17.1 Å². The number of rotatable bonds is 5. The molecule has 1 aromatic rings. The third-order valence-corrected chi connectivity index (χ3v) is 3.30. The van der Waals surface area contributed by atoms with E-state index in [1.54, 1.807) is 0 Å². The van der Waals surface area contributed by atoms with E-state index in [9.17, 15) is 0 Å². The van der Waals surface area contributed by atoms with Gasteiger partial charge in [-0.15, -0.1) is 0 Å². The molecule has 0 aliphatic carbocycles. The van der Waals surface area contributed by atoms with E-state index >= 15 is 0 Å². The highest BCUT2D eigenvalue weighted by Crippen LogP contribution is 2.32. The standard InChI is InChI=1S/C19H27N3/c1-9-17(12-22(7)8)18-11-10-14(4)15(5)19(18)21-16(6)20-13(2)3/h9-12H,1-2H2,3-8H3,(H,20,21)/b17-12+. The Balaban J connectivity index is 3.50. The number of hydrogen-bond acceptors (Lipinski definition) is 2. The Morgan fingerprint density at radius 2 is 1.86 bits per heavy atom. The minimum absolute atomic E-state index is 0.829. The summed E-state index contributed by atoms with van der Waals surface area (Å²) >= 11 is 0. The first-order valence-corrected chi connectivity index (χ1v) is 7.35. The highest BCUT2D eigenvalue weighted by atomic mass is 15.0. The number of aliphatic imine (C=N–C) groups is 1. The van der Waals surface area contributed by atoms with Gasteiger partial charge in [0.15, 0.2) is 0 Å². The maximum absolute atomic E-state index is 4.77. The van der Waals surface area contributed by atoms with Crippen LogP contribution in [0.4, 0.5) is 5.69 Å². The predicted octanol–water partition coefficient (Wildman–Crippen LogP) is 4.57. The summed E-state index contributed by atoms with van der Waals surface area (Å²) in [5.74, 6) is 0.829. The van der Waals surface area contributed by atoms with Gasteiger partial charge in [-0.3, -0.25) is 0 Å². The van der Waals surface area contributed by atoms with Gasteiger partial charge in [0.1, 0.15) is 5.84 Å². The summed E-state index contributed by atoms with van der Waals surface area (Å²) < 4.78 is 0. The monoisotopic (exact) mass is 297 g/mol. The smallest absolute Gasteiger partial charge is 0.103 e. The van der Waals surface area contributed by atoms with Crippen LogP contribution in [0.5, 0.6) is 0 Å². The van der Waals surface area contributed by atoms with Crippen molar-refractivity contribution in [3.05, 3.63) is 60.0 Å². The third kappa shape index (κ3) is 4.62. The fourth-order valence-electron chi connectivity index (χ4n) is 2.19. The number of allylic oxidation sites excluding steroid dienone is 3.